The van der Waals surface area contributed by atoms with Crippen LogP contribution >= 0.6 is 0 Å². The number of piperidine rings is 1. The molecular weight excluding hydrogens is 162 g/mol. The van der Waals surface area contributed by atoms with Gasteiger partial charge in [0.1, 0.15) is 0 Å². The van der Waals surface area contributed by atoms with Crippen molar-refractivity contribution in [3.63, 3.8) is 0 Å². The number of nitrogens with one attached hydrogen (secondary N) is 1. The zero-order valence-electron chi connectivity index (χ0n) is 7.02. The maximum atomic E-state index is 12.9. The third kappa shape index (κ3) is 1.59. The van der Waals surface area contributed by atoms with E-state index in [0.29, 0.717) is 6.54 Å². The zero-order chi connectivity index (χ0) is 8.60. The molecule has 0 radical (unpaired) electrons. The maximum absolute atomic E-state index is 12.9. The highest BCUT2D eigenvalue weighted by Gasteiger charge is 2.40. The van der Waals surface area contributed by atoms with Crippen LogP contribution in [0.1, 0.15) is 12.8 Å². The summed E-state index contributed by atoms with van der Waals surface area (Å²) in [5, 5.41) is 3.15. The fraction of sp³-hybridized carbons (Fsp3) is 1.00. The summed E-state index contributed by atoms with van der Waals surface area (Å²) in [4.78, 5) is 2.17. The van der Waals surface area contributed by atoms with Crippen LogP contribution in [0.2, 0.25) is 0 Å². The second-order valence-corrected chi connectivity index (χ2v) is 3.70. The molecule has 2 aliphatic heterocycles. The van der Waals surface area contributed by atoms with Gasteiger partial charge >= 0.3 is 0 Å². The quantitative estimate of drug-likeness (QED) is 0.584. The van der Waals surface area contributed by atoms with Gasteiger partial charge in [0.25, 0.3) is 5.92 Å². The summed E-state index contributed by atoms with van der Waals surface area (Å²) in [5.41, 5.74) is 0. The molecule has 0 aliphatic carbocycles. The minimum atomic E-state index is -2.42. The van der Waals surface area contributed by atoms with E-state index in [4.69, 9.17) is 0 Å². The minimum Gasteiger partial charge on any atom is -0.314 e. The average Bonchev–Trinajstić information content (AvgIpc) is 2.02. The molecule has 2 fully saturated rings. The average molecular weight is 176 g/mol. The van der Waals surface area contributed by atoms with Gasteiger partial charge in [-0.25, -0.2) is 8.78 Å². The number of halogens is 2. The van der Waals surface area contributed by atoms with Crippen molar-refractivity contribution in [2.24, 2.45) is 0 Å². The van der Waals surface area contributed by atoms with Crippen LogP contribution < -0.4 is 5.32 Å². The van der Waals surface area contributed by atoms with Gasteiger partial charge < -0.3 is 5.32 Å². The van der Waals surface area contributed by atoms with Crippen LogP contribution in [0.4, 0.5) is 8.78 Å². The first-order valence-corrected chi connectivity index (χ1v) is 4.50. The number of alkyl halides is 2. The van der Waals surface area contributed by atoms with Crippen molar-refractivity contribution in [3.05, 3.63) is 0 Å². The normalized spacial score (nSPS) is 36.0. The highest BCUT2D eigenvalue weighted by molar-refractivity contribution is 4.89. The smallest absolute Gasteiger partial charge is 0.250 e. The van der Waals surface area contributed by atoms with E-state index in [1.54, 1.807) is 0 Å². The predicted molar refractivity (Wildman–Crippen MR) is 42.4 cm³/mol. The van der Waals surface area contributed by atoms with Crippen molar-refractivity contribution in [1.29, 1.82) is 0 Å². The summed E-state index contributed by atoms with van der Waals surface area (Å²) in [6.07, 6.45) is 0.0868. The number of nitrogens with zero attached hydrogens (tertiary/aromatic N) is 1. The van der Waals surface area contributed by atoms with Gasteiger partial charge in [-0.1, -0.05) is 0 Å². The van der Waals surface area contributed by atoms with E-state index in [-0.39, 0.29) is 18.9 Å². The van der Waals surface area contributed by atoms with Gasteiger partial charge in [-0.3, -0.25) is 4.90 Å². The van der Waals surface area contributed by atoms with E-state index in [0.717, 1.165) is 19.6 Å². The van der Waals surface area contributed by atoms with Crippen molar-refractivity contribution >= 4 is 0 Å². The molecule has 2 heterocycles. The lowest BCUT2D eigenvalue weighted by atomic mass is 9.97. The van der Waals surface area contributed by atoms with Crippen molar-refractivity contribution in [2.45, 2.75) is 24.8 Å². The lowest BCUT2D eigenvalue weighted by Crippen LogP contribution is -2.56. The number of piperazine rings is 1. The van der Waals surface area contributed by atoms with Gasteiger partial charge in [0.05, 0.1) is 0 Å². The lowest BCUT2D eigenvalue weighted by Gasteiger charge is -2.42. The van der Waals surface area contributed by atoms with Crippen molar-refractivity contribution in [1.82, 2.24) is 10.2 Å². The second-order valence-electron chi connectivity index (χ2n) is 3.70. The standard InChI is InChI=1S/C8H14F2N2/c9-8(10)1-3-12-4-2-11-6-7(12)5-8/h7,11H,1-6H2/t7-/m1/s1. The van der Waals surface area contributed by atoms with E-state index >= 15 is 0 Å². The van der Waals surface area contributed by atoms with Crippen LogP contribution in [-0.2, 0) is 0 Å². The van der Waals surface area contributed by atoms with Crippen molar-refractivity contribution in [3.8, 4) is 0 Å². The molecule has 0 spiro atoms. The van der Waals surface area contributed by atoms with E-state index in [1.807, 2.05) is 0 Å². The Hall–Kier alpha value is -0.220. The molecule has 1 N–H and O–H groups in total. The third-order valence-corrected chi connectivity index (χ3v) is 2.77. The summed E-state index contributed by atoms with van der Waals surface area (Å²) >= 11 is 0. The van der Waals surface area contributed by atoms with Crippen LogP contribution in [0.15, 0.2) is 0 Å². The predicted octanol–water partition coefficient (Wildman–Crippen LogP) is 0.689. The number of hydrogen-bond donors (Lipinski definition) is 1. The summed E-state index contributed by atoms with van der Waals surface area (Å²) in [5.74, 6) is -2.42. The third-order valence-electron chi connectivity index (χ3n) is 2.77. The Bertz CT molecular complexity index is 172. The van der Waals surface area contributed by atoms with Crippen LogP contribution in [0.25, 0.3) is 0 Å². The fourth-order valence-electron chi connectivity index (χ4n) is 2.05. The Morgan fingerprint density at radius 3 is 3.00 bits per heavy atom. The zero-order valence-corrected chi connectivity index (χ0v) is 7.02. The van der Waals surface area contributed by atoms with E-state index in [1.165, 1.54) is 0 Å². The summed E-state index contributed by atoms with van der Waals surface area (Å²) in [6.45, 7) is 3.18. The van der Waals surface area contributed by atoms with E-state index in [2.05, 4.69) is 10.2 Å². The molecule has 12 heavy (non-hydrogen) atoms. The highest BCUT2D eigenvalue weighted by atomic mass is 19.3. The molecule has 0 aromatic carbocycles. The molecule has 0 aromatic heterocycles. The summed E-state index contributed by atoms with van der Waals surface area (Å²) in [7, 11) is 0. The number of hydrogen-bond acceptors (Lipinski definition) is 2. The Labute approximate surface area is 70.9 Å². The Kier molecular flexibility index (Phi) is 2.04. The first-order valence-electron chi connectivity index (χ1n) is 4.50. The minimum absolute atomic E-state index is 0.0417. The first-order chi connectivity index (χ1) is 5.67. The molecule has 0 aromatic rings. The second kappa shape index (κ2) is 2.92. The van der Waals surface area contributed by atoms with Crippen LogP contribution in [0, 0.1) is 0 Å². The molecule has 1 atom stereocenters. The highest BCUT2D eigenvalue weighted by Crippen LogP contribution is 2.31. The Morgan fingerprint density at radius 2 is 2.17 bits per heavy atom. The maximum Gasteiger partial charge on any atom is 0.250 e. The first kappa shape index (κ1) is 8.38. The Balaban J connectivity index is 1.99. The van der Waals surface area contributed by atoms with Crippen LogP contribution in [0.5, 0.6) is 0 Å². The number of fused-ring (bicyclic) bond motifs is 1. The summed E-state index contributed by atoms with van der Waals surface area (Å²) in [6, 6.07) is 0.0718. The molecule has 4 heteroatoms. The topological polar surface area (TPSA) is 15.3 Å². The van der Waals surface area contributed by atoms with Crippen molar-refractivity contribution in [2.75, 3.05) is 26.2 Å². The molecule has 0 amide bonds. The lowest BCUT2D eigenvalue weighted by molar-refractivity contribution is -0.0822. The molecular formula is C8H14F2N2. The molecule has 0 unspecified atom stereocenters. The number of rotatable bonds is 0. The van der Waals surface area contributed by atoms with Gasteiger partial charge in [-0.15, -0.1) is 0 Å². The SMILES string of the molecule is FC1(F)CCN2CCNC[C@H]2C1. The van der Waals surface area contributed by atoms with Gasteiger partial charge in [-0.05, 0) is 0 Å². The molecule has 2 nitrogen and oxygen atoms in total. The van der Waals surface area contributed by atoms with Crippen LogP contribution in [-0.4, -0.2) is 43.0 Å². The van der Waals surface area contributed by atoms with Crippen LogP contribution in [0.3, 0.4) is 0 Å². The molecule has 2 rings (SSSR count). The molecule has 2 aliphatic rings. The molecule has 0 saturated carbocycles. The monoisotopic (exact) mass is 176 g/mol. The summed E-state index contributed by atoms with van der Waals surface area (Å²) < 4.78 is 25.8. The van der Waals surface area contributed by atoms with E-state index in [9.17, 15) is 8.78 Å². The van der Waals surface area contributed by atoms with Gasteiger partial charge in [0, 0.05) is 45.1 Å². The molecule has 0 bridgehead atoms. The van der Waals surface area contributed by atoms with Gasteiger partial charge in [-0.2, -0.15) is 0 Å². The van der Waals surface area contributed by atoms with E-state index < -0.39 is 5.92 Å². The van der Waals surface area contributed by atoms with Gasteiger partial charge in [0.2, 0.25) is 0 Å². The Morgan fingerprint density at radius 1 is 1.33 bits per heavy atom. The largest absolute Gasteiger partial charge is 0.314 e. The molecule has 70 valence electrons. The fourth-order valence-corrected chi connectivity index (χ4v) is 2.05. The van der Waals surface area contributed by atoms with Crippen molar-refractivity contribution < 1.29 is 8.78 Å². The molecule has 2 saturated heterocycles. The van der Waals surface area contributed by atoms with Gasteiger partial charge in [0.15, 0.2) is 0 Å².